The van der Waals surface area contributed by atoms with Gasteiger partial charge in [-0.25, -0.2) is 0 Å². The molecular weight excluding hydrogens is 521 g/mol. The van der Waals surface area contributed by atoms with E-state index >= 15 is 0 Å². The third-order valence-corrected chi connectivity index (χ3v) is 6.46. The lowest BCUT2D eigenvalue weighted by atomic mass is 10.0. The highest BCUT2D eigenvalue weighted by Gasteiger charge is 2.34. The Balaban J connectivity index is 1.50. The molecular formula is C29H29F3N6O2. The number of likely N-dealkylation sites (N-methyl/N-ethyl adjacent to an activating group) is 1. The van der Waals surface area contributed by atoms with E-state index in [0.29, 0.717) is 30.2 Å². The van der Waals surface area contributed by atoms with Gasteiger partial charge in [-0.05, 0) is 67.4 Å². The monoisotopic (exact) mass is 550 g/mol. The first-order valence-electron chi connectivity index (χ1n) is 12.6. The van der Waals surface area contributed by atoms with E-state index in [1.165, 1.54) is 19.1 Å². The van der Waals surface area contributed by atoms with E-state index in [1.54, 1.807) is 30.3 Å². The highest BCUT2D eigenvalue weighted by Crippen LogP contribution is 2.34. The summed E-state index contributed by atoms with van der Waals surface area (Å²) in [7, 11) is 1.99. The summed E-state index contributed by atoms with van der Waals surface area (Å²) in [6.45, 7) is 6.37. The van der Waals surface area contributed by atoms with Crippen molar-refractivity contribution in [3.8, 4) is 11.8 Å². The molecule has 0 unspecified atom stereocenters. The molecule has 1 aliphatic heterocycles. The molecule has 11 heteroatoms. The number of rotatable bonds is 5. The van der Waals surface area contributed by atoms with Crippen LogP contribution in [-0.2, 0) is 17.5 Å². The van der Waals surface area contributed by atoms with Crippen molar-refractivity contribution < 1.29 is 22.8 Å². The average Bonchev–Trinajstić information content (AvgIpc) is 2.90. The lowest BCUT2D eigenvalue weighted by molar-refractivity contribution is -0.138. The Morgan fingerprint density at radius 2 is 1.70 bits per heavy atom. The Morgan fingerprint density at radius 1 is 0.950 bits per heavy atom. The number of nitrogens with one attached hydrogen (secondary N) is 2. The van der Waals surface area contributed by atoms with Crippen LogP contribution in [0, 0.1) is 18.8 Å². The summed E-state index contributed by atoms with van der Waals surface area (Å²) in [5.74, 6) is 5.29. The van der Waals surface area contributed by atoms with Crippen LogP contribution in [0.2, 0.25) is 0 Å². The van der Waals surface area contributed by atoms with E-state index in [2.05, 4.69) is 37.6 Å². The molecule has 1 aliphatic rings. The second-order valence-corrected chi connectivity index (χ2v) is 9.67. The molecule has 1 fully saturated rings. The highest BCUT2D eigenvalue weighted by atomic mass is 19.4. The van der Waals surface area contributed by atoms with Gasteiger partial charge in [-0.2, -0.15) is 13.2 Å². The van der Waals surface area contributed by atoms with Crippen LogP contribution in [0.4, 0.5) is 24.7 Å². The summed E-state index contributed by atoms with van der Waals surface area (Å²) in [4.78, 5) is 28.2. The number of aromatic nitrogens is 2. The Kier molecular flexibility index (Phi) is 8.82. The Morgan fingerprint density at radius 3 is 2.35 bits per heavy atom. The van der Waals surface area contributed by atoms with Crippen molar-refractivity contribution >= 4 is 23.3 Å². The van der Waals surface area contributed by atoms with Gasteiger partial charge in [0, 0.05) is 56.5 Å². The van der Waals surface area contributed by atoms with Crippen LogP contribution >= 0.6 is 0 Å². The number of halogens is 3. The average molecular weight is 551 g/mol. The third kappa shape index (κ3) is 7.65. The van der Waals surface area contributed by atoms with Crippen molar-refractivity contribution in [1.82, 2.24) is 20.0 Å². The van der Waals surface area contributed by atoms with Crippen LogP contribution in [0.15, 0.2) is 48.5 Å². The van der Waals surface area contributed by atoms with Crippen LogP contribution in [0.5, 0.6) is 0 Å². The van der Waals surface area contributed by atoms with Gasteiger partial charge in [0.15, 0.2) is 5.82 Å². The molecule has 8 nitrogen and oxygen atoms in total. The van der Waals surface area contributed by atoms with E-state index in [1.807, 2.05) is 18.9 Å². The summed E-state index contributed by atoms with van der Waals surface area (Å²) in [6, 6.07) is 12.0. The molecule has 3 aromatic rings. The normalized spacial score (nSPS) is 14.2. The van der Waals surface area contributed by atoms with Crippen LogP contribution in [0.25, 0.3) is 0 Å². The van der Waals surface area contributed by atoms with Gasteiger partial charge in [0.05, 0.1) is 5.56 Å². The van der Waals surface area contributed by atoms with Gasteiger partial charge in [-0.15, -0.1) is 10.2 Å². The molecule has 0 spiro atoms. The number of alkyl halides is 3. The van der Waals surface area contributed by atoms with E-state index < -0.39 is 17.6 Å². The maximum absolute atomic E-state index is 13.9. The lowest BCUT2D eigenvalue weighted by Gasteiger charge is -2.33. The number of hydrogen-bond donors (Lipinski definition) is 2. The molecule has 2 amide bonds. The van der Waals surface area contributed by atoms with Gasteiger partial charge in [-0.1, -0.05) is 18.1 Å². The molecule has 4 rings (SSSR count). The molecule has 1 aromatic heterocycles. The Bertz CT molecular complexity index is 1450. The van der Waals surface area contributed by atoms with Crippen molar-refractivity contribution in [1.29, 1.82) is 0 Å². The highest BCUT2D eigenvalue weighted by molar-refractivity contribution is 6.04. The third-order valence-electron chi connectivity index (χ3n) is 6.46. The van der Waals surface area contributed by atoms with Crippen LogP contribution in [0.3, 0.4) is 0 Å². The van der Waals surface area contributed by atoms with Crippen molar-refractivity contribution in [3.05, 3.63) is 82.0 Å². The number of anilines is 2. The molecule has 2 heterocycles. The number of carbonyl (C=O) groups excluding carboxylic acids is 2. The fourth-order valence-electron chi connectivity index (χ4n) is 4.18. The topological polar surface area (TPSA) is 90.5 Å². The zero-order valence-corrected chi connectivity index (χ0v) is 22.4. The minimum Gasteiger partial charge on any atom is -0.322 e. The summed E-state index contributed by atoms with van der Waals surface area (Å²) in [6.07, 6.45) is -4.56. The van der Waals surface area contributed by atoms with Crippen LogP contribution in [0.1, 0.15) is 45.2 Å². The largest absolute Gasteiger partial charge is 0.416 e. The van der Waals surface area contributed by atoms with Gasteiger partial charge in [-0.3, -0.25) is 14.5 Å². The Labute approximate surface area is 230 Å². The number of piperazine rings is 1. The molecule has 0 atom stereocenters. The van der Waals surface area contributed by atoms with Gasteiger partial charge < -0.3 is 15.5 Å². The quantitative estimate of drug-likeness (QED) is 0.464. The molecule has 1 saturated heterocycles. The van der Waals surface area contributed by atoms with E-state index in [-0.39, 0.29) is 29.3 Å². The number of benzene rings is 2. The maximum Gasteiger partial charge on any atom is 0.416 e. The molecule has 0 bridgehead atoms. The molecule has 208 valence electrons. The second kappa shape index (κ2) is 12.3. The standard InChI is InChI=1S/C29H29F3N6O2/c1-19-4-5-22(16-21(19)6-8-24-10-11-27(36-35-24)33-20(2)39)28(40)34-25-9-7-23(26(17-25)29(30,31)32)18-38-14-12-37(3)13-15-38/h4-5,7,9-11,16-17H,12-15,18H2,1-3H3,(H,34,40)(H,33,36,39). The lowest BCUT2D eigenvalue weighted by Crippen LogP contribution is -2.44. The summed E-state index contributed by atoms with van der Waals surface area (Å²) in [5, 5.41) is 12.9. The zero-order chi connectivity index (χ0) is 28.9. The molecule has 0 aliphatic carbocycles. The van der Waals surface area contributed by atoms with Gasteiger partial charge in [0.2, 0.25) is 5.91 Å². The van der Waals surface area contributed by atoms with Crippen molar-refractivity contribution in [3.63, 3.8) is 0 Å². The number of carbonyl (C=O) groups is 2. The second-order valence-electron chi connectivity index (χ2n) is 9.67. The minimum absolute atomic E-state index is 0.0576. The number of hydrogen-bond acceptors (Lipinski definition) is 6. The van der Waals surface area contributed by atoms with Gasteiger partial charge in [0.1, 0.15) is 5.69 Å². The van der Waals surface area contributed by atoms with Crippen molar-refractivity contribution in [2.45, 2.75) is 26.6 Å². The molecule has 0 radical (unpaired) electrons. The van der Waals surface area contributed by atoms with E-state index in [4.69, 9.17) is 0 Å². The van der Waals surface area contributed by atoms with E-state index in [9.17, 15) is 22.8 Å². The fraction of sp³-hybridized carbons (Fsp3) is 0.310. The van der Waals surface area contributed by atoms with E-state index in [0.717, 1.165) is 24.7 Å². The van der Waals surface area contributed by atoms with Crippen LogP contribution < -0.4 is 10.6 Å². The Hall–Kier alpha value is -4.27. The molecule has 2 aromatic carbocycles. The predicted molar refractivity (Wildman–Crippen MR) is 146 cm³/mol. The first kappa shape index (κ1) is 28.7. The maximum atomic E-state index is 13.9. The predicted octanol–water partition coefficient (Wildman–Crippen LogP) is 4.16. The van der Waals surface area contributed by atoms with Gasteiger partial charge >= 0.3 is 6.18 Å². The molecule has 2 N–H and O–H groups in total. The first-order chi connectivity index (χ1) is 19.0. The zero-order valence-electron chi connectivity index (χ0n) is 22.4. The number of amides is 2. The summed E-state index contributed by atoms with van der Waals surface area (Å²) >= 11 is 0. The van der Waals surface area contributed by atoms with Crippen molar-refractivity contribution in [2.75, 3.05) is 43.9 Å². The molecule has 0 saturated carbocycles. The SMILES string of the molecule is CC(=O)Nc1ccc(C#Cc2cc(C(=O)Nc3ccc(CN4CCN(C)CC4)c(C(F)(F)F)c3)ccc2C)nn1. The smallest absolute Gasteiger partial charge is 0.322 e. The van der Waals surface area contributed by atoms with Gasteiger partial charge in [0.25, 0.3) is 5.91 Å². The number of nitrogens with zero attached hydrogens (tertiary/aromatic N) is 4. The summed E-state index contributed by atoms with van der Waals surface area (Å²) in [5.41, 5.74) is 1.44. The fourth-order valence-corrected chi connectivity index (χ4v) is 4.18. The number of aryl methyl sites for hydroxylation is 1. The molecule has 40 heavy (non-hydrogen) atoms. The van der Waals surface area contributed by atoms with Crippen molar-refractivity contribution in [2.24, 2.45) is 0 Å². The first-order valence-corrected chi connectivity index (χ1v) is 12.6. The summed E-state index contributed by atoms with van der Waals surface area (Å²) < 4.78 is 41.8. The minimum atomic E-state index is -4.56. The van der Waals surface area contributed by atoms with Crippen LogP contribution in [-0.4, -0.2) is 65.0 Å².